The second-order valence-corrected chi connectivity index (χ2v) is 14.4. The van der Waals surface area contributed by atoms with Gasteiger partial charge in [0.2, 0.25) is 11.8 Å². The molecule has 4 N–H and O–H groups in total. The minimum absolute atomic E-state index is 0.0894. The number of hydrogen-bond donors (Lipinski definition) is 3. The summed E-state index contributed by atoms with van der Waals surface area (Å²) in [6.07, 6.45) is -3.12. The number of nitrogens with one attached hydrogen (secondary N) is 1. The molecule has 3 aromatic rings. The van der Waals surface area contributed by atoms with Gasteiger partial charge < -0.3 is 34.1 Å². The summed E-state index contributed by atoms with van der Waals surface area (Å²) in [5.41, 5.74) is 3.78. The van der Waals surface area contributed by atoms with Crippen molar-refractivity contribution >= 4 is 41.3 Å². The molecule has 43 heavy (non-hydrogen) atoms. The Bertz CT molecular complexity index is 1470. The second-order valence-electron chi connectivity index (χ2n) is 11.2. The van der Waals surface area contributed by atoms with Gasteiger partial charge in [-0.05, 0) is 65.5 Å². The van der Waals surface area contributed by atoms with E-state index >= 15 is 4.39 Å². The van der Waals surface area contributed by atoms with Gasteiger partial charge in [-0.25, -0.2) is 14.5 Å². The lowest BCUT2D eigenvalue weighted by molar-refractivity contribution is -0.129. The first-order chi connectivity index (χ1) is 20.1. The van der Waals surface area contributed by atoms with E-state index < -0.39 is 49.0 Å². The van der Waals surface area contributed by atoms with Gasteiger partial charge in [-0.15, -0.1) is 0 Å². The summed E-state index contributed by atoms with van der Waals surface area (Å²) in [7, 11) is 0. The fourth-order valence-electron chi connectivity index (χ4n) is 4.27. The molecular formula is C27H38FN6O7PS. The van der Waals surface area contributed by atoms with Crippen LogP contribution in [-0.4, -0.2) is 79.7 Å². The molecule has 4 rings (SSSR count). The van der Waals surface area contributed by atoms with Crippen molar-refractivity contribution < 1.29 is 37.5 Å². The number of benzene rings is 1. The molecule has 0 aliphatic carbocycles. The lowest BCUT2D eigenvalue weighted by atomic mass is 9.98. The smallest absolute Gasteiger partial charge is 0.313 e. The van der Waals surface area contributed by atoms with Crippen molar-refractivity contribution in [1.82, 2.24) is 24.6 Å². The molecule has 3 heterocycles. The van der Waals surface area contributed by atoms with Crippen LogP contribution in [0.5, 0.6) is 11.6 Å². The molecule has 0 saturated carbocycles. The van der Waals surface area contributed by atoms with E-state index in [2.05, 4.69) is 20.0 Å². The zero-order valence-corrected chi connectivity index (χ0v) is 26.6. The number of aromatic nitrogens is 4. The minimum atomic E-state index is -3.47. The number of carbonyl (C=O) groups excluding carboxylic acids is 1. The fourth-order valence-corrected chi connectivity index (χ4v) is 6.73. The van der Waals surface area contributed by atoms with Crippen molar-refractivity contribution in [2.45, 2.75) is 77.3 Å². The van der Waals surface area contributed by atoms with Crippen LogP contribution in [-0.2, 0) is 30.6 Å². The average molecular weight is 641 g/mol. The Morgan fingerprint density at radius 2 is 2.02 bits per heavy atom. The summed E-state index contributed by atoms with van der Waals surface area (Å²) in [5.74, 6) is 0.186. The molecule has 2 aromatic heterocycles. The number of hydrogen-bond acceptors (Lipinski definition) is 12. The van der Waals surface area contributed by atoms with Crippen LogP contribution in [0.3, 0.4) is 0 Å². The number of nitrogens with two attached hydrogens (primary N) is 1. The van der Waals surface area contributed by atoms with Crippen LogP contribution in [0.15, 0.2) is 36.7 Å². The summed E-state index contributed by atoms with van der Waals surface area (Å²) in [6, 6.07) is 7.87. The molecule has 0 radical (unpaired) electrons. The molecule has 13 nitrogen and oxygen atoms in total. The summed E-state index contributed by atoms with van der Waals surface area (Å²) in [6.45, 7) is 6.49. The average Bonchev–Trinajstić information content (AvgIpc) is 3.44. The van der Waals surface area contributed by atoms with Crippen molar-refractivity contribution in [2.24, 2.45) is 0 Å². The topological polar surface area (TPSA) is 165 Å². The number of halogens is 1. The van der Waals surface area contributed by atoms with Crippen LogP contribution in [0.2, 0.25) is 0 Å². The summed E-state index contributed by atoms with van der Waals surface area (Å²) < 4.78 is 46.3. The van der Waals surface area contributed by atoms with Crippen LogP contribution in [0.1, 0.15) is 47.8 Å². The maximum atomic E-state index is 15.8. The van der Waals surface area contributed by atoms with E-state index in [1.165, 1.54) is 17.8 Å². The van der Waals surface area contributed by atoms with Gasteiger partial charge in [0.15, 0.2) is 29.3 Å². The number of aliphatic hydroxyl groups is 1. The minimum Gasteiger partial charge on any atom is -0.476 e. The number of para-hydroxylation sites is 1. The molecular weight excluding hydrogens is 602 g/mol. The normalized spacial score (nSPS) is 24.5. The first kappa shape index (κ1) is 33.1. The number of nitrogens with zero attached hydrogens (tertiary/aromatic N) is 4. The number of imidazole rings is 1. The Morgan fingerprint density at radius 1 is 1.33 bits per heavy atom. The quantitative estimate of drug-likeness (QED) is 0.233. The third kappa shape index (κ3) is 7.85. The number of nitrogen functional groups attached to an aromatic ring is 1. The maximum absolute atomic E-state index is 15.8. The van der Waals surface area contributed by atoms with Crippen LogP contribution in [0.25, 0.3) is 11.2 Å². The highest BCUT2D eigenvalue weighted by molar-refractivity contribution is 8.09. The first-order valence-corrected chi connectivity index (χ1v) is 16.4. The summed E-state index contributed by atoms with van der Waals surface area (Å²) in [5, 5.41) is 14.2. The van der Waals surface area contributed by atoms with E-state index in [9.17, 15) is 9.90 Å². The van der Waals surface area contributed by atoms with E-state index in [1.54, 1.807) is 44.2 Å². The van der Waals surface area contributed by atoms with Crippen molar-refractivity contribution in [3.8, 4) is 11.6 Å². The zero-order chi connectivity index (χ0) is 31.6. The molecule has 1 fully saturated rings. The van der Waals surface area contributed by atoms with E-state index in [4.69, 9.17) is 40.8 Å². The number of ether oxygens (including phenoxy) is 3. The number of fused-ring (bicyclic) bond motifs is 1. The van der Waals surface area contributed by atoms with Gasteiger partial charge in [0.1, 0.15) is 24.1 Å². The molecule has 0 amide bonds. The SMILES string of the molecule is CCOc1nc(N)nc2c1ncn2[C@@H]1O[C@H](COP(=S)(NC(C)C(=O)COC(C)(C)C)Oc2ccccc2)[C@@H](F)[C@@]1(C)O. The maximum Gasteiger partial charge on any atom is 0.313 e. The molecule has 0 bridgehead atoms. The van der Waals surface area contributed by atoms with Gasteiger partial charge in [-0.1, -0.05) is 18.2 Å². The monoisotopic (exact) mass is 640 g/mol. The van der Waals surface area contributed by atoms with Gasteiger partial charge >= 0.3 is 6.64 Å². The van der Waals surface area contributed by atoms with Gasteiger partial charge in [-0.3, -0.25) is 9.36 Å². The van der Waals surface area contributed by atoms with Crippen LogP contribution >= 0.6 is 6.64 Å². The van der Waals surface area contributed by atoms with Crippen molar-refractivity contribution in [2.75, 3.05) is 25.6 Å². The predicted octanol–water partition coefficient (Wildman–Crippen LogP) is 3.48. The lowest BCUT2D eigenvalue weighted by Gasteiger charge is -2.28. The second kappa shape index (κ2) is 13.1. The lowest BCUT2D eigenvalue weighted by Crippen LogP contribution is -2.42. The van der Waals surface area contributed by atoms with Crippen molar-refractivity contribution in [3.63, 3.8) is 0 Å². The molecule has 1 aliphatic heterocycles. The Kier molecular flexibility index (Phi) is 10.1. The number of ketones is 1. The summed E-state index contributed by atoms with van der Waals surface area (Å²) >= 11 is 5.76. The number of Topliss-reactive ketones (excluding diaryl/α,β-unsaturated/α-hetero) is 1. The standard InChI is InChI=1S/C27H38FN6O7PS/c1-7-37-23-20-22(31-25(29)32-23)34(15-30-20)24-27(6,36)21(28)19(40-24)14-39-42(43,41-17-11-9-8-10-12-17)33-16(2)18(35)13-38-26(3,4)5/h8-12,15-16,19,21,24,36H,7,13-14H2,1-6H3,(H,33,43)(H2,29,31,32)/t16?,19-,21-,24-,27-,42?/m1/s1. The number of carbonyl (C=O) groups is 1. The molecule has 1 saturated heterocycles. The molecule has 1 aliphatic rings. The van der Waals surface area contributed by atoms with Crippen LogP contribution < -0.4 is 20.1 Å². The summed E-state index contributed by atoms with van der Waals surface area (Å²) in [4.78, 5) is 25.4. The Labute approximate surface area is 254 Å². The van der Waals surface area contributed by atoms with Crippen LogP contribution in [0.4, 0.5) is 10.3 Å². The first-order valence-electron chi connectivity index (χ1n) is 13.7. The van der Waals surface area contributed by atoms with E-state index in [1.807, 2.05) is 20.8 Å². The highest BCUT2D eigenvalue weighted by Gasteiger charge is 2.55. The zero-order valence-electron chi connectivity index (χ0n) is 24.9. The fraction of sp³-hybridized carbons (Fsp3) is 0.556. The predicted molar refractivity (Wildman–Crippen MR) is 161 cm³/mol. The Morgan fingerprint density at radius 3 is 2.67 bits per heavy atom. The molecule has 16 heteroatoms. The number of alkyl halides is 1. The van der Waals surface area contributed by atoms with Gasteiger partial charge in [0.05, 0.1) is 31.2 Å². The molecule has 236 valence electrons. The highest BCUT2D eigenvalue weighted by atomic mass is 32.5. The van der Waals surface area contributed by atoms with Gasteiger partial charge in [0.25, 0.3) is 0 Å². The Hall–Kier alpha value is -2.78. The van der Waals surface area contributed by atoms with E-state index in [0.29, 0.717) is 12.4 Å². The number of anilines is 1. The van der Waals surface area contributed by atoms with E-state index in [-0.39, 0.29) is 35.4 Å². The molecule has 0 spiro atoms. The van der Waals surface area contributed by atoms with E-state index in [0.717, 1.165) is 0 Å². The largest absolute Gasteiger partial charge is 0.476 e. The molecule has 2 unspecified atom stereocenters. The molecule has 1 aromatic carbocycles. The van der Waals surface area contributed by atoms with Gasteiger partial charge in [-0.2, -0.15) is 9.97 Å². The van der Waals surface area contributed by atoms with Gasteiger partial charge in [0, 0.05) is 0 Å². The molecule has 6 atom stereocenters. The van der Waals surface area contributed by atoms with Crippen LogP contribution in [0, 0.1) is 0 Å². The third-order valence-electron chi connectivity index (χ3n) is 6.49. The third-order valence-corrected chi connectivity index (χ3v) is 8.99. The van der Waals surface area contributed by atoms with Crippen molar-refractivity contribution in [3.05, 3.63) is 36.7 Å². The number of rotatable bonds is 13. The Balaban J connectivity index is 1.54. The highest BCUT2D eigenvalue weighted by Crippen LogP contribution is 2.48. The van der Waals surface area contributed by atoms with Crippen molar-refractivity contribution in [1.29, 1.82) is 0 Å².